The number of anilines is 1. The highest BCUT2D eigenvalue weighted by atomic mass is 33.1. The third kappa shape index (κ3) is 11.2. The average molecular weight is 937 g/mol. The number of para-hydroxylation sites is 1. The number of carbonyl (C=O) groups is 1. The van der Waals surface area contributed by atoms with Crippen molar-refractivity contribution in [2.24, 2.45) is 0 Å². The van der Waals surface area contributed by atoms with Gasteiger partial charge >= 0.3 is 7.82 Å². The number of ether oxygens (including phenoxy) is 5. The third-order valence-corrected chi connectivity index (χ3v) is 13.6. The fourth-order valence-corrected chi connectivity index (χ4v) is 10.1. The number of nitrogens with zero attached hydrogens (tertiary/aromatic N) is 5. The van der Waals surface area contributed by atoms with Crippen molar-refractivity contribution in [3.8, 4) is 17.2 Å². The summed E-state index contributed by atoms with van der Waals surface area (Å²) in [5.41, 5.74) is 1.76. The molecular weight excluding hydrogens is 892 g/mol. The zero-order chi connectivity index (χ0) is 45.1. The van der Waals surface area contributed by atoms with Crippen LogP contribution in [0.15, 0.2) is 151 Å². The number of phosphoric acid groups is 1. The van der Waals surface area contributed by atoms with E-state index in [9.17, 15) is 14.3 Å². The third-order valence-electron chi connectivity index (χ3n) is 10.3. The van der Waals surface area contributed by atoms with Crippen LogP contribution in [0.3, 0.4) is 0 Å². The normalized spacial score (nSPS) is 17.1. The number of hydrogen-bond donors (Lipinski definition) is 2. The van der Waals surface area contributed by atoms with E-state index in [-0.39, 0.29) is 32.1 Å². The van der Waals surface area contributed by atoms with Crippen LogP contribution >= 0.6 is 29.4 Å². The minimum atomic E-state index is -4.66. The van der Waals surface area contributed by atoms with E-state index in [1.807, 2.05) is 115 Å². The lowest BCUT2D eigenvalue weighted by Crippen LogP contribution is -2.38. The lowest BCUT2D eigenvalue weighted by atomic mass is 9.80. The fourth-order valence-electron chi connectivity index (χ4n) is 7.29. The standard InChI is InChI=1S/C46H45N6O10PS2/c1-56-35-20-16-33(17-21-35)46(32-11-5-3-6-12-32,34-18-22-36(57-2)23-19-34)59-28-39-38(62-63(54,55)60-25-26-64-65-41-15-9-10-24-47-41)27-42(61-39)52-31-50-43-44(48-30-49-45(43)52)51-40(53)29-58-37-13-7-4-8-14-37/h3-24,30-31,38-39,42H,25-29H2,1-2H3,(H,54,55)(H,48,49,51,53)/t38-,39-,42-/m1/s1. The molecule has 0 radical (unpaired) electrons. The number of fused-ring (bicyclic) bond motifs is 1. The average Bonchev–Trinajstić information content (AvgIpc) is 3.96. The van der Waals surface area contributed by atoms with Gasteiger partial charge in [-0.25, -0.2) is 24.5 Å². The van der Waals surface area contributed by atoms with Crippen LogP contribution in [0.1, 0.15) is 29.3 Å². The van der Waals surface area contributed by atoms with E-state index >= 15 is 0 Å². The molecule has 1 aliphatic rings. The van der Waals surface area contributed by atoms with E-state index in [4.69, 9.17) is 32.7 Å². The molecule has 8 rings (SSSR count). The smallest absolute Gasteiger partial charge is 0.472 e. The topological polar surface area (TPSA) is 187 Å². The zero-order valence-corrected chi connectivity index (χ0v) is 37.8. The van der Waals surface area contributed by atoms with Gasteiger partial charge in [-0.2, -0.15) is 0 Å². The van der Waals surface area contributed by atoms with Crippen molar-refractivity contribution in [1.82, 2.24) is 24.5 Å². The fraction of sp³-hybridized carbons (Fsp3) is 0.239. The minimum absolute atomic E-state index is 0.0672. The van der Waals surface area contributed by atoms with Crippen molar-refractivity contribution >= 4 is 52.3 Å². The molecule has 4 atom stereocenters. The Labute approximate surface area is 383 Å². The van der Waals surface area contributed by atoms with Gasteiger partial charge in [0, 0.05) is 18.4 Å². The van der Waals surface area contributed by atoms with Gasteiger partial charge in [-0.05, 0) is 76.0 Å². The van der Waals surface area contributed by atoms with Gasteiger partial charge in [0.1, 0.15) is 52.6 Å². The summed E-state index contributed by atoms with van der Waals surface area (Å²) < 4.78 is 57.4. The maximum Gasteiger partial charge on any atom is 0.472 e. The maximum absolute atomic E-state index is 13.7. The molecule has 1 aliphatic heterocycles. The highest BCUT2D eigenvalue weighted by Crippen LogP contribution is 2.50. The van der Waals surface area contributed by atoms with E-state index in [1.54, 1.807) is 37.1 Å². The van der Waals surface area contributed by atoms with E-state index in [0.29, 0.717) is 34.2 Å². The lowest BCUT2D eigenvalue weighted by Gasteiger charge is -2.37. The number of nitrogens with one attached hydrogen (secondary N) is 1. The summed E-state index contributed by atoms with van der Waals surface area (Å²) >= 11 is 0. The molecule has 3 aromatic heterocycles. The van der Waals surface area contributed by atoms with Crippen LogP contribution in [0.4, 0.5) is 5.82 Å². The van der Waals surface area contributed by atoms with Crippen LogP contribution in [-0.2, 0) is 33.5 Å². The molecule has 0 saturated carbocycles. The second kappa shape index (κ2) is 21.4. The maximum atomic E-state index is 13.7. The first kappa shape index (κ1) is 45.7. The summed E-state index contributed by atoms with van der Waals surface area (Å²) in [5.74, 6) is 1.96. The number of phosphoric ester groups is 1. The quantitative estimate of drug-likeness (QED) is 0.0302. The van der Waals surface area contributed by atoms with Crippen molar-refractivity contribution in [2.75, 3.05) is 45.1 Å². The van der Waals surface area contributed by atoms with Crippen molar-refractivity contribution in [3.05, 3.63) is 163 Å². The highest BCUT2D eigenvalue weighted by molar-refractivity contribution is 8.76. The van der Waals surface area contributed by atoms with Crippen molar-refractivity contribution < 1.29 is 47.0 Å². The summed E-state index contributed by atoms with van der Waals surface area (Å²) in [6.07, 6.45) is 1.79. The van der Waals surface area contributed by atoms with Crippen LogP contribution in [0.25, 0.3) is 11.2 Å². The molecule has 65 heavy (non-hydrogen) atoms. The molecule has 4 aromatic carbocycles. The largest absolute Gasteiger partial charge is 0.497 e. The number of hydrogen-bond acceptors (Lipinski definition) is 15. The summed E-state index contributed by atoms with van der Waals surface area (Å²) in [4.78, 5) is 41.7. The minimum Gasteiger partial charge on any atom is -0.497 e. The molecule has 4 heterocycles. The van der Waals surface area contributed by atoms with Crippen LogP contribution in [0, 0.1) is 0 Å². The lowest BCUT2D eigenvalue weighted by molar-refractivity contribution is -0.118. The SMILES string of the molecule is COc1ccc(C(OC[C@H]2O[C@@H](n3cnc4c(NC(=O)COc5ccccc5)ncnc43)C[C@H]2OP(=O)(O)OCCSSc2ccccn2)(c2ccccc2)c2ccc(OC)cc2)cc1. The van der Waals surface area contributed by atoms with Gasteiger partial charge in [0.25, 0.3) is 5.91 Å². The number of benzene rings is 4. The number of aromatic nitrogens is 5. The second-order valence-electron chi connectivity index (χ2n) is 14.4. The number of amides is 1. The Morgan fingerprint density at radius 2 is 1.49 bits per heavy atom. The van der Waals surface area contributed by atoms with Crippen LogP contribution in [-0.4, -0.2) is 87.3 Å². The van der Waals surface area contributed by atoms with Crippen LogP contribution in [0.2, 0.25) is 0 Å². The second-order valence-corrected chi connectivity index (χ2v) is 18.2. The molecular formula is C46H45N6O10PS2. The van der Waals surface area contributed by atoms with E-state index < -0.39 is 37.8 Å². The monoisotopic (exact) mass is 936 g/mol. The molecule has 1 saturated heterocycles. The van der Waals surface area contributed by atoms with Gasteiger partial charge < -0.3 is 33.9 Å². The molecule has 0 spiro atoms. The van der Waals surface area contributed by atoms with Gasteiger partial charge in [-0.3, -0.25) is 18.4 Å². The van der Waals surface area contributed by atoms with E-state index in [1.165, 1.54) is 34.2 Å². The van der Waals surface area contributed by atoms with E-state index in [0.717, 1.165) is 21.7 Å². The Kier molecular flexibility index (Phi) is 15.1. The van der Waals surface area contributed by atoms with Gasteiger partial charge in [0.15, 0.2) is 23.6 Å². The number of imidazole rings is 1. The number of methoxy groups -OCH3 is 2. The molecule has 336 valence electrons. The first-order chi connectivity index (χ1) is 31.7. The molecule has 16 nitrogen and oxygen atoms in total. The Hall–Kier alpha value is -5.82. The van der Waals surface area contributed by atoms with Crippen LogP contribution < -0.4 is 19.5 Å². The Balaban J connectivity index is 1.08. The molecule has 0 bridgehead atoms. The Morgan fingerprint density at radius 3 is 2.15 bits per heavy atom. The van der Waals surface area contributed by atoms with Crippen LogP contribution in [0.5, 0.6) is 17.2 Å². The van der Waals surface area contributed by atoms with Gasteiger partial charge in [0.05, 0.1) is 33.8 Å². The Bertz CT molecular complexity index is 2620. The van der Waals surface area contributed by atoms with E-state index in [2.05, 4.69) is 25.3 Å². The predicted octanol–water partition coefficient (Wildman–Crippen LogP) is 8.49. The number of pyridine rings is 1. The highest BCUT2D eigenvalue weighted by Gasteiger charge is 2.45. The summed E-state index contributed by atoms with van der Waals surface area (Å²) in [7, 11) is 1.40. The summed E-state index contributed by atoms with van der Waals surface area (Å²) in [6, 6.07) is 39.5. The molecule has 2 N–H and O–H groups in total. The van der Waals surface area contributed by atoms with Crippen molar-refractivity contribution in [3.63, 3.8) is 0 Å². The Morgan fingerprint density at radius 1 is 0.831 bits per heavy atom. The molecule has 1 amide bonds. The van der Waals surface area contributed by atoms with Gasteiger partial charge in [-0.1, -0.05) is 89.7 Å². The number of carbonyl (C=O) groups excluding carboxylic acids is 1. The first-order valence-electron chi connectivity index (χ1n) is 20.4. The zero-order valence-electron chi connectivity index (χ0n) is 35.2. The molecule has 1 unspecified atom stereocenters. The summed E-state index contributed by atoms with van der Waals surface area (Å²) in [5, 5.41) is 3.56. The molecule has 19 heteroatoms. The predicted molar refractivity (Wildman–Crippen MR) is 246 cm³/mol. The van der Waals surface area contributed by atoms with Crippen molar-refractivity contribution in [2.45, 2.75) is 35.5 Å². The number of rotatable bonds is 21. The van der Waals surface area contributed by atoms with Gasteiger partial charge in [0.2, 0.25) is 0 Å². The molecule has 0 aliphatic carbocycles. The molecule has 1 fully saturated rings. The first-order valence-corrected chi connectivity index (χ1v) is 24.2. The summed E-state index contributed by atoms with van der Waals surface area (Å²) in [6.45, 7) is -0.462. The van der Waals surface area contributed by atoms with Crippen molar-refractivity contribution in [1.29, 1.82) is 0 Å². The molecule has 7 aromatic rings. The van der Waals surface area contributed by atoms with Gasteiger partial charge in [-0.15, -0.1) is 0 Å².